The van der Waals surface area contributed by atoms with Crippen molar-refractivity contribution in [1.29, 1.82) is 0 Å². The van der Waals surface area contributed by atoms with Crippen molar-refractivity contribution in [3.8, 4) is 0 Å². The molecule has 0 bridgehead atoms. The molecule has 140 valence electrons. The van der Waals surface area contributed by atoms with Crippen LogP contribution in [0.2, 0.25) is 0 Å². The number of rotatable bonds is 9. The van der Waals surface area contributed by atoms with E-state index in [1.165, 1.54) is 6.08 Å². The van der Waals surface area contributed by atoms with E-state index >= 15 is 0 Å². The zero-order chi connectivity index (χ0) is 18.9. The van der Waals surface area contributed by atoms with Gasteiger partial charge >= 0.3 is 0 Å². The van der Waals surface area contributed by atoms with Gasteiger partial charge < -0.3 is 14.8 Å². The number of amides is 2. The van der Waals surface area contributed by atoms with Gasteiger partial charge in [0.1, 0.15) is 12.4 Å². The first-order valence-electron chi connectivity index (χ1n) is 9.15. The Morgan fingerprint density at radius 1 is 1.31 bits per heavy atom. The summed E-state index contributed by atoms with van der Waals surface area (Å²) in [6.45, 7) is 5.42. The fraction of sp³-hybridized carbons (Fsp3) is 0.450. The van der Waals surface area contributed by atoms with E-state index in [0.29, 0.717) is 13.0 Å². The summed E-state index contributed by atoms with van der Waals surface area (Å²) in [5, 5.41) is 2.83. The average Bonchev–Trinajstić information content (AvgIpc) is 2.97. The first-order valence-corrected chi connectivity index (χ1v) is 9.15. The van der Waals surface area contributed by atoms with Gasteiger partial charge in [-0.15, -0.1) is 0 Å². The maximum Gasteiger partial charge on any atom is 0.243 e. The standard InChI is InChI=1S/C20H28N4O2/c1-4-6-14-23(3)20(26)15-24-17-11-8-7-10-16(17)22-18(24)12-13-21-19(25)9-5-2/h5,7-11H,4,6,12-15H2,1-3H3,(H,21,25)/b9-5+. The minimum Gasteiger partial charge on any atom is -0.352 e. The number of fused-ring (bicyclic) bond motifs is 1. The summed E-state index contributed by atoms with van der Waals surface area (Å²) in [6, 6.07) is 7.80. The predicted molar refractivity (Wildman–Crippen MR) is 104 cm³/mol. The maximum absolute atomic E-state index is 12.6. The molecule has 0 radical (unpaired) electrons. The van der Waals surface area contributed by atoms with Gasteiger partial charge in [-0.3, -0.25) is 9.59 Å². The highest BCUT2D eigenvalue weighted by molar-refractivity contribution is 5.87. The van der Waals surface area contributed by atoms with Gasteiger partial charge in [-0.1, -0.05) is 31.6 Å². The second kappa shape index (κ2) is 9.75. The second-order valence-corrected chi connectivity index (χ2v) is 6.31. The minimum atomic E-state index is -0.120. The van der Waals surface area contributed by atoms with Gasteiger partial charge in [0.25, 0.3) is 0 Å². The maximum atomic E-state index is 12.6. The summed E-state index contributed by atoms with van der Waals surface area (Å²) in [7, 11) is 1.84. The molecule has 1 aromatic carbocycles. The Kier molecular flexibility index (Phi) is 7.38. The van der Waals surface area contributed by atoms with Crippen LogP contribution < -0.4 is 5.32 Å². The summed E-state index contributed by atoms with van der Waals surface area (Å²) in [5.41, 5.74) is 1.81. The van der Waals surface area contributed by atoms with Crippen LogP contribution in [0.4, 0.5) is 0 Å². The summed E-state index contributed by atoms with van der Waals surface area (Å²) in [6.07, 6.45) is 5.83. The van der Waals surface area contributed by atoms with Crippen LogP contribution in [0.1, 0.15) is 32.5 Å². The molecule has 0 aliphatic heterocycles. The van der Waals surface area contributed by atoms with Crippen LogP contribution in [0.5, 0.6) is 0 Å². The van der Waals surface area contributed by atoms with Crippen molar-refractivity contribution in [2.45, 2.75) is 39.7 Å². The van der Waals surface area contributed by atoms with Crippen molar-refractivity contribution in [3.05, 3.63) is 42.2 Å². The molecule has 0 aliphatic rings. The molecule has 2 rings (SSSR count). The van der Waals surface area contributed by atoms with Crippen molar-refractivity contribution in [2.75, 3.05) is 20.1 Å². The number of benzene rings is 1. The monoisotopic (exact) mass is 356 g/mol. The Hall–Kier alpha value is -2.63. The highest BCUT2D eigenvalue weighted by Crippen LogP contribution is 2.16. The van der Waals surface area contributed by atoms with Gasteiger partial charge in [0.2, 0.25) is 11.8 Å². The average molecular weight is 356 g/mol. The Labute approximate surface area is 154 Å². The highest BCUT2D eigenvalue weighted by atomic mass is 16.2. The smallest absolute Gasteiger partial charge is 0.243 e. The highest BCUT2D eigenvalue weighted by Gasteiger charge is 2.15. The largest absolute Gasteiger partial charge is 0.352 e. The van der Waals surface area contributed by atoms with Crippen LogP contribution in [0.25, 0.3) is 11.0 Å². The molecule has 2 aromatic rings. The first-order chi connectivity index (χ1) is 12.6. The molecule has 0 fully saturated rings. The molecule has 0 spiro atoms. The number of unbranched alkanes of at least 4 members (excludes halogenated alkanes) is 1. The fourth-order valence-corrected chi connectivity index (χ4v) is 2.78. The van der Waals surface area contributed by atoms with E-state index in [1.807, 2.05) is 35.9 Å². The number of allylic oxidation sites excluding steroid dienone is 1. The van der Waals surface area contributed by atoms with Crippen LogP contribution in [0.15, 0.2) is 36.4 Å². The lowest BCUT2D eigenvalue weighted by atomic mass is 10.3. The Morgan fingerprint density at radius 2 is 2.08 bits per heavy atom. The molecule has 0 atom stereocenters. The Balaban J connectivity index is 2.15. The summed E-state index contributed by atoms with van der Waals surface area (Å²) in [5.74, 6) is 0.760. The van der Waals surface area contributed by atoms with E-state index < -0.39 is 0 Å². The lowest BCUT2D eigenvalue weighted by Gasteiger charge is -2.18. The van der Waals surface area contributed by atoms with Crippen molar-refractivity contribution >= 4 is 22.8 Å². The number of nitrogens with one attached hydrogen (secondary N) is 1. The molecule has 1 aromatic heterocycles. The van der Waals surface area contributed by atoms with Crippen molar-refractivity contribution < 1.29 is 9.59 Å². The fourth-order valence-electron chi connectivity index (χ4n) is 2.78. The molecule has 0 saturated carbocycles. The summed E-state index contributed by atoms with van der Waals surface area (Å²) >= 11 is 0. The number of aromatic nitrogens is 2. The van der Waals surface area contributed by atoms with Gasteiger partial charge in [-0.05, 0) is 31.6 Å². The van der Waals surface area contributed by atoms with Crippen molar-refractivity contribution in [2.24, 2.45) is 0 Å². The minimum absolute atomic E-state index is 0.0702. The summed E-state index contributed by atoms with van der Waals surface area (Å²) in [4.78, 5) is 30.6. The van der Waals surface area contributed by atoms with E-state index in [0.717, 1.165) is 36.2 Å². The second-order valence-electron chi connectivity index (χ2n) is 6.31. The van der Waals surface area contributed by atoms with Crippen LogP contribution in [0, 0.1) is 0 Å². The van der Waals surface area contributed by atoms with Crippen molar-refractivity contribution in [1.82, 2.24) is 19.8 Å². The number of carbonyl (C=O) groups is 2. The van der Waals surface area contributed by atoms with E-state index in [-0.39, 0.29) is 18.4 Å². The molecule has 0 aliphatic carbocycles. The predicted octanol–water partition coefficient (Wildman–Crippen LogP) is 2.53. The third-order valence-corrected chi connectivity index (χ3v) is 4.27. The molecule has 6 nitrogen and oxygen atoms in total. The lowest BCUT2D eigenvalue weighted by molar-refractivity contribution is -0.130. The number of carbonyl (C=O) groups excluding carboxylic acids is 2. The number of hydrogen-bond donors (Lipinski definition) is 1. The number of hydrogen-bond acceptors (Lipinski definition) is 3. The SMILES string of the molecule is C/C=C/C(=O)NCCc1nc2ccccc2n1CC(=O)N(C)CCCC. The van der Waals surface area contributed by atoms with E-state index in [1.54, 1.807) is 17.9 Å². The van der Waals surface area contributed by atoms with Crippen LogP contribution in [-0.4, -0.2) is 46.4 Å². The third kappa shape index (κ3) is 5.18. The first kappa shape index (κ1) is 19.7. The van der Waals surface area contributed by atoms with Crippen molar-refractivity contribution in [3.63, 3.8) is 0 Å². The number of imidazole rings is 1. The van der Waals surface area contributed by atoms with Gasteiger partial charge in [0.05, 0.1) is 11.0 Å². The zero-order valence-electron chi connectivity index (χ0n) is 15.9. The number of para-hydroxylation sites is 2. The lowest BCUT2D eigenvalue weighted by Crippen LogP contribution is -2.32. The van der Waals surface area contributed by atoms with Crippen LogP contribution in [0.3, 0.4) is 0 Å². The van der Waals surface area contributed by atoms with Gasteiger partial charge in [-0.2, -0.15) is 0 Å². The third-order valence-electron chi connectivity index (χ3n) is 4.27. The summed E-state index contributed by atoms with van der Waals surface area (Å²) < 4.78 is 1.96. The van der Waals surface area contributed by atoms with Gasteiger partial charge in [0.15, 0.2) is 0 Å². The molecule has 0 unspecified atom stereocenters. The molecule has 26 heavy (non-hydrogen) atoms. The molecule has 1 N–H and O–H groups in total. The topological polar surface area (TPSA) is 67.2 Å². The molecule has 6 heteroatoms. The number of likely N-dealkylation sites (N-methyl/N-ethyl adjacent to an activating group) is 1. The Bertz CT molecular complexity index is 779. The van der Waals surface area contributed by atoms with Crippen LogP contribution >= 0.6 is 0 Å². The van der Waals surface area contributed by atoms with Gasteiger partial charge in [-0.25, -0.2) is 4.98 Å². The normalized spacial score (nSPS) is 11.2. The molecule has 1 heterocycles. The number of nitrogens with zero attached hydrogens (tertiary/aromatic N) is 3. The Morgan fingerprint density at radius 3 is 2.81 bits per heavy atom. The van der Waals surface area contributed by atoms with E-state index in [2.05, 4.69) is 17.2 Å². The molecule has 0 saturated heterocycles. The van der Waals surface area contributed by atoms with E-state index in [9.17, 15) is 9.59 Å². The molecular formula is C20H28N4O2. The van der Waals surface area contributed by atoms with Gasteiger partial charge in [0, 0.05) is 26.6 Å². The molecule has 2 amide bonds. The quantitative estimate of drug-likeness (QED) is 0.702. The van der Waals surface area contributed by atoms with E-state index in [4.69, 9.17) is 0 Å². The van der Waals surface area contributed by atoms with Crippen LogP contribution in [-0.2, 0) is 22.6 Å². The zero-order valence-corrected chi connectivity index (χ0v) is 15.9. The molecular weight excluding hydrogens is 328 g/mol.